The molecule has 2 heterocycles. The van der Waals surface area contributed by atoms with Crippen molar-refractivity contribution in [1.82, 2.24) is 9.88 Å². The van der Waals surface area contributed by atoms with Crippen LogP contribution in [-0.4, -0.2) is 35.0 Å². The van der Waals surface area contributed by atoms with Crippen LogP contribution in [0, 0.1) is 11.9 Å². The molecule has 1 saturated heterocycles. The highest BCUT2D eigenvalue weighted by Gasteiger charge is 2.30. The molecule has 1 amide bonds. The molecule has 1 aliphatic heterocycles. The van der Waals surface area contributed by atoms with Crippen molar-refractivity contribution < 1.29 is 13.9 Å². The van der Waals surface area contributed by atoms with E-state index in [0.717, 1.165) is 19.3 Å². The summed E-state index contributed by atoms with van der Waals surface area (Å²) in [6.07, 6.45) is 2.40. The summed E-state index contributed by atoms with van der Waals surface area (Å²) in [6.45, 7) is 5.34. The van der Waals surface area contributed by atoms with Gasteiger partial charge in [-0.1, -0.05) is 19.9 Å². The number of halogens is 1. The minimum absolute atomic E-state index is 0.0948. The Morgan fingerprint density at radius 2 is 2.25 bits per heavy atom. The first kappa shape index (κ1) is 14.8. The van der Waals surface area contributed by atoms with Crippen LogP contribution in [0.3, 0.4) is 0 Å². The van der Waals surface area contributed by atoms with Gasteiger partial charge in [-0.15, -0.1) is 0 Å². The summed E-state index contributed by atoms with van der Waals surface area (Å²) in [6, 6.07) is 4.48. The summed E-state index contributed by atoms with van der Waals surface area (Å²) in [5.74, 6) is 0.0339. The van der Waals surface area contributed by atoms with Crippen LogP contribution in [0.5, 0.6) is 5.88 Å². The SMILES string of the molecule is CCC(CC)C(=O)N1CCC(Oc2cccc(F)n2)C1. The second-order valence-corrected chi connectivity index (χ2v) is 5.12. The summed E-state index contributed by atoms with van der Waals surface area (Å²) in [7, 11) is 0. The van der Waals surface area contributed by atoms with Crippen molar-refractivity contribution in [3.63, 3.8) is 0 Å². The number of nitrogens with zero attached hydrogens (tertiary/aromatic N) is 2. The Kier molecular flexibility index (Phi) is 4.93. The molecule has 5 heteroatoms. The van der Waals surface area contributed by atoms with Gasteiger partial charge < -0.3 is 9.64 Å². The quantitative estimate of drug-likeness (QED) is 0.779. The third-order valence-electron chi connectivity index (χ3n) is 3.77. The molecule has 1 aromatic rings. The van der Waals surface area contributed by atoms with Gasteiger partial charge in [0.05, 0.1) is 6.54 Å². The maximum Gasteiger partial charge on any atom is 0.225 e. The van der Waals surface area contributed by atoms with Gasteiger partial charge in [0, 0.05) is 24.9 Å². The van der Waals surface area contributed by atoms with Gasteiger partial charge in [-0.25, -0.2) is 0 Å². The molecule has 1 fully saturated rings. The maximum absolute atomic E-state index is 13.0. The molecule has 0 spiro atoms. The predicted octanol–water partition coefficient (Wildman–Crippen LogP) is 2.64. The number of aromatic nitrogens is 1. The largest absolute Gasteiger partial charge is 0.472 e. The van der Waals surface area contributed by atoms with E-state index in [1.807, 2.05) is 18.7 Å². The molecule has 0 radical (unpaired) electrons. The first-order chi connectivity index (χ1) is 9.63. The van der Waals surface area contributed by atoms with Crippen molar-refractivity contribution in [2.24, 2.45) is 5.92 Å². The number of rotatable bonds is 5. The Balaban J connectivity index is 1.91. The van der Waals surface area contributed by atoms with Crippen LogP contribution < -0.4 is 4.74 Å². The molecule has 1 atom stereocenters. The highest BCUT2D eigenvalue weighted by Crippen LogP contribution is 2.20. The minimum Gasteiger partial charge on any atom is -0.472 e. The highest BCUT2D eigenvalue weighted by atomic mass is 19.1. The van der Waals surface area contributed by atoms with Crippen molar-refractivity contribution in [2.75, 3.05) is 13.1 Å². The van der Waals surface area contributed by atoms with Crippen molar-refractivity contribution in [3.05, 3.63) is 24.1 Å². The lowest BCUT2D eigenvalue weighted by atomic mass is 10.0. The average molecular weight is 280 g/mol. The van der Waals surface area contributed by atoms with Gasteiger partial charge in [0.15, 0.2) is 0 Å². The lowest BCUT2D eigenvalue weighted by Crippen LogP contribution is -2.35. The van der Waals surface area contributed by atoms with Gasteiger partial charge in [-0.05, 0) is 18.9 Å². The van der Waals surface area contributed by atoms with Crippen LogP contribution in [0.1, 0.15) is 33.1 Å². The molecular weight excluding hydrogens is 259 g/mol. The van der Waals surface area contributed by atoms with E-state index in [9.17, 15) is 9.18 Å². The van der Waals surface area contributed by atoms with Gasteiger partial charge in [-0.2, -0.15) is 9.37 Å². The zero-order chi connectivity index (χ0) is 14.5. The van der Waals surface area contributed by atoms with Gasteiger partial charge in [0.2, 0.25) is 17.7 Å². The summed E-state index contributed by atoms with van der Waals surface area (Å²) in [4.78, 5) is 17.8. The number of likely N-dealkylation sites (tertiary alicyclic amines) is 1. The van der Waals surface area contributed by atoms with Gasteiger partial charge in [0.25, 0.3) is 0 Å². The highest BCUT2D eigenvalue weighted by molar-refractivity contribution is 5.79. The molecule has 0 aromatic carbocycles. The Hall–Kier alpha value is -1.65. The number of carbonyl (C=O) groups excluding carboxylic acids is 1. The van der Waals surface area contributed by atoms with E-state index in [1.54, 1.807) is 12.1 Å². The van der Waals surface area contributed by atoms with Gasteiger partial charge in [0.1, 0.15) is 6.10 Å². The first-order valence-corrected chi connectivity index (χ1v) is 7.22. The minimum atomic E-state index is -0.551. The Morgan fingerprint density at radius 3 is 2.90 bits per heavy atom. The molecule has 0 saturated carbocycles. The predicted molar refractivity (Wildman–Crippen MR) is 73.9 cm³/mol. The molecule has 110 valence electrons. The Morgan fingerprint density at radius 1 is 1.50 bits per heavy atom. The second kappa shape index (κ2) is 6.68. The van der Waals surface area contributed by atoms with Gasteiger partial charge >= 0.3 is 0 Å². The molecule has 2 rings (SSSR count). The van der Waals surface area contributed by atoms with E-state index in [4.69, 9.17) is 4.74 Å². The summed E-state index contributed by atoms with van der Waals surface area (Å²) in [5.41, 5.74) is 0. The molecule has 1 aromatic heterocycles. The third-order valence-corrected chi connectivity index (χ3v) is 3.77. The number of amides is 1. The first-order valence-electron chi connectivity index (χ1n) is 7.22. The summed E-state index contributed by atoms with van der Waals surface area (Å²) >= 11 is 0. The van der Waals surface area contributed by atoms with E-state index in [1.165, 1.54) is 6.07 Å². The molecule has 0 aliphatic carbocycles. The van der Waals surface area contributed by atoms with E-state index in [2.05, 4.69) is 4.98 Å². The smallest absolute Gasteiger partial charge is 0.225 e. The second-order valence-electron chi connectivity index (χ2n) is 5.12. The number of carbonyl (C=O) groups is 1. The van der Waals surface area contributed by atoms with E-state index in [0.29, 0.717) is 13.1 Å². The molecule has 1 unspecified atom stereocenters. The fraction of sp³-hybridized carbons (Fsp3) is 0.600. The van der Waals surface area contributed by atoms with Crippen molar-refractivity contribution in [2.45, 2.75) is 39.2 Å². The van der Waals surface area contributed by atoms with Crippen LogP contribution in [-0.2, 0) is 4.79 Å². The molecule has 0 N–H and O–H groups in total. The zero-order valence-electron chi connectivity index (χ0n) is 12.0. The van der Waals surface area contributed by atoms with E-state index in [-0.39, 0.29) is 23.8 Å². The lowest BCUT2D eigenvalue weighted by Gasteiger charge is -2.21. The Bertz CT molecular complexity index is 463. The number of hydrogen-bond donors (Lipinski definition) is 0. The van der Waals surface area contributed by atoms with E-state index >= 15 is 0 Å². The molecule has 4 nitrogen and oxygen atoms in total. The summed E-state index contributed by atoms with van der Waals surface area (Å²) in [5, 5.41) is 0. The molecular formula is C15H21FN2O2. The average Bonchev–Trinajstić information content (AvgIpc) is 2.88. The number of hydrogen-bond acceptors (Lipinski definition) is 3. The maximum atomic E-state index is 13.0. The standard InChI is InChI=1S/C15H21FN2O2/c1-3-11(4-2)15(19)18-9-8-12(10-18)20-14-7-5-6-13(16)17-14/h5-7,11-12H,3-4,8-10H2,1-2H3. The normalized spacial score (nSPS) is 18.6. The Labute approximate surface area is 118 Å². The monoisotopic (exact) mass is 280 g/mol. The van der Waals surface area contributed by atoms with E-state index < -0.39 is 5.95 Å². The lowest BCUT2D eigenvalue weighted by molar-refractivity contribution is -0.134. The number of ether oxygens (including phenoxy) is 1. The number of pyridine rings is 1. The van der Waals surface area contributed by atoms with Crippen molar-refractivity contribution >= 4 is 5.91 Å². The van der Waals surface area contributed by atoms with Crippen LogP contribution in [0.15, 0.2) is 18.2 Å². The van der Waals surface area contributed by atoms with Crippen molar-refractivity contribution in [3.8, 4) is 5.88 Å². The fourth-order valence-electron chi connectivity index (χ4n) is 2.55. The van der Waals surface area contributed by atoms with Crippen LogP contribution in [0.4, 0.5) is 4.39 Å². The molecule has 0 bridgehead atoms. The topological polar surface area (TPSA) is 42.4 Å². The van der Waals surface area contributed by atoms with Crippen molar-refractivity contribution in [1.29, 1.82) is 0 Å². The van der Waals surface area contributed by atoms with Crippen LogP contribution >= 0.6 is 0 Å². The van der Waals surface area contributed by atoms with Crippen LogP contribution in [0.2, 0.25) is 0 Å². The van der Waals surface area contributed by atoms with Crippen LogP contribution in [0.25, 0.3) is 0 Å². The fourth-order valence-corrected chi connectivity index (χ4v) is 2.55. The van der Waals surface area contributed by atoms with Gasteiger partial charge in [-0.3, -0.25) is 4.79 Å². The third kappa shape index (κ3) is 3.46. The molecule has 20 heavy (non-hydrogen) atoms. The zero-order valence-corrected chi connectivity index (χ0v) is 12.0. The summed E-state index contributed by atoms with van der Waals surface area (Å²) < 4.78 is 18.6. The molecule has 1 aliphatic rings.